The average molecular weight is 514 g/mol. The van der Waals surface area contributed by atoms with Crippen molar-refractivity contribution in [2.75, 3.05) is 6.61 Å². The van der Waals surface area contributed by atoms with Crippen LogP contribution in [0.4, 0.5) is 4.79 Å². The van der Waals surface area contributed by atoms with E-state index in [9.17, 15) is 24.6 Å². The maximum atomic E-state index is 12.0. The minimum Gasteiger partial charge on any atom is -0.494 e. The summed E-state index contributed by atoms with van der Waals surface area (Å²) in [6.07, 6.45) is 2.26. The molecule has 0 unspecified atom stereocenters. The summed E-state index contributed by atoms with van der Waals surface area (Å²) in [7, 11) is 0. The molecule has 0 spiro atoms. The van der Waals surface area contributed by atoms with Crippen LogP contribution in [0.1, 0.15) is 63.1 Å². The summed E-state index contributed by atoms with van der Waals surface area (Å²) < 4.78 is 10.9. The van der Waals surface area contributed by atoms with Crippen molar-refractivity contribution in [3.63, 3.8) is 0 Å². The van der Waals surface area contributed by atoms with Gasteiger partial charge in [-0.15, -0.1) is 0 Å². The lowest BCUT2D eigenvalue weighted by Gasteiger charge is -2.23. The first-order chi connectivity index (χ1) is 17.4. The van der Waals surface area contributed by atoms with Gasteiger partial charge < -0.3 is 25.0 Å². The fraction of sp³-hybridized carbons (Fsp3) is 0.483. The third-order valence-corrected chi connectivity index (χ3v) is 5.80. The number of carbonyl (C=O) groups excluding carboxylic acids is 1. The Labute approximate surface area is 219 Å². The van der Waals surface area contributed by atoms with Crippen molar-refractivity contribution in [3.8, 4) is 5.75 Å². The number of nitrogens with one attached hydrogen (secondary N) is 1. The molecule has 0 heterocycles. The van der Waals surface area contributed by atoms with Crippen LogP contribution in [0.25, 0.3) is 0 Å². The molecule has 0 radical (unpaired) electrons. The van der Waals surface area contributed by atoms with Gasteiger partial charge in [-0.1, -0.05) is 42.0 Å². The van der Waals surface area contributed by atoms with Gasteiger partial charge in [0.2, 0.25) is 0 Å². The molecular formula is C29H39NO7. The first-order valence-electron chi connectivity index (χ1n) is 12.7. The van der Waals surface area contributed by atoms with Gasteiger partial charge in [-0.2, -0.15) is 0 Å². The van der Waals surface area contributed by atoms with Gasteiger partial charge in [0.05, 0.1) is 12.5 Å². The highest BCUT2D eigenvalue weighted by Gasteiger charge is 2.29. The van der Waals surface area contributed by atoms with Gasteiger partial charge in [0.15, 0.2) is 0 Å². The van der Waals surface area contributed by atoms with E-state index in [1.54, 1.807) is 20.8 Å². The van der Waals surface area contributed by atoms with Crippen LogP contribution in [0.5, 0.6) is 5.75 Å². The van der Waals surface area contributed by atoms with Gasteiger partial charge in [0.1, 0.15) is 17.4 Å². The van der Waals surface area contributed by atoms with Crippen LogP contribution in [-0.2, 0) is 27.2 Å². The quantitative estimate of drug-likeness (QED) is 0.289. The van der Waals surface area contributed by atoms with Gasteiger partial charge in [0.25, 0.3) is 0 Å². The number of carbonyl (C=O) groups is 3. The molecule has 0 bridgehead atoms. The number of alkyl carbamates (subject to hydrolysis) is 1. The fourth-order valence-corrected chi connectivity index (χ4v) is 3.82. The standard InChI is InChI=1S/C29H39NO7/c1-20-10-16-24(17-11-20)36-18-6-8-22-14-12-21(13-15-22)7-5-9-23(26(31)32)19-25(27(33)34)30-28(35)37-29(2,3)4/h10-17,23,25H,5-9,18-19H2,1-4H3,(H,30,35)(H,31,32)(H,33,34)/t23-,25+/m0/s1. The summed E-state index contributed by atoms with van der Waals surface area (Å²) >= 11 is 0. The number of benzene rings is 2. The van der Waals surface area contributed by atoms with Gasteiger partial charge in [0, 0.05) is 0 Å². The van der Waals surface area contributed by atoms with E-state index in [2.05, 4.69) is 17.4 Å². The van der Waals surface area contributed by atoms with Gasteiger partial charge in [-0.25, -0.2) is 9.59 Å². The van der Waals surface area contributed by atoms with E-state index in [4.69, 9.17) is 9.47 Å². The van der Waals surface area contributed by atoms with Gasteiger partial charge in [-0.05, 0) is 89.5 Å². The van der Waals surface area contributed by atoms with Crippen LogP contribution in [0.2, 0.25) is 0 Å². The molecule has 0 fully saturated rings. The van der Waals surface area contributed by atoms with E-state index in [-0.39, 0.29) is 6.42 Å². The topological polar surface area (TPSA) is 122 Å². The molecule has 0 aliphatic rings. The second-order valence-electron chi connectivity index (χ2n) is 10.3. The zero-order valence-electron chi connectivity index (χ0n) is 22.2. The monoisotopic (exact) mass is 513 g/mol. The molecule has 2 aromatic rings. The van der Waals surface area contributed by atoms with Crippen molar-refractivity contribution in [1.82, 2.24) is 5.32 Å². The summed E-state index contributed by atoms with van der Waals surface area (Å²) in [4.78, 5) is 35.3. The van der Waals surface area contributed by atoms with E-state index in [1.807, 2.05) is 43.3 Å². The number of aryl methyl sites for hydroxylation is 3. The Bertz CT molecular complexity index is 1010. The number of hydrogen-bond donors (Lipinski definition) is 3. The molecule has 0 saturated carbocycles. The minimum absolute atomic E-state index is 0.215. The number of rotatable bonds is 14. The summed E-state index contributed by atoms with van der Waals surface area (Å²) in [5.41, 5.74) is 2.71. The minimum atomic E-state index is -1.34. The van der Waals surface area contributed by atoms with Gasteiger partial charge in [-0.3, -0.25) is 4.79 Å². The lowest BCUT2D eigenvalue weighted by Crippen LogP contribution is -2.45. The van der Waals surface area contributed by atoms with Gasteiger partial charge >= 0.3 is 18.0 Å². The van der Waals surface area contributed by atoms with Crippen molar-refractivity contribution in [2.24, 2.45) is 5.92 Å². The SMILES string of the molecule is Cc1ccc(OCCCc2ccc(CCC[C@@H](C[C@@H](NC(=O)OC(C)(C)C)C(=O)O)C(=O)O)cc2)cc1. The Morgan fingerprint density at radius 1 is 0.865 bits per heavy atom. The highest BCUT2D eigenvalue weighted by Crippen LogP contribution is 2.19. The number of carboxylic acid groups (broad SMARTS) is 2. The molecule has 202 valence electrons. The molecule has 0 aliphatic carbocycles. The number of amides is 1. The van der Waals surface area contributed by atoms with Crippen molar-refractivity contribution in [2.45, 2.75) is 77.9 Å². The molecule has 2 rings (SSSR count). The van der Waals surface area contributed by atoms with Crippen molar-refractivity contribution in [3.05, 3.63) is 65.2 Å². The smallest absolute Gasteiger partial charge is 0.408 e. The number of ether oxygens (including phenoxy) is 2. The molecule has 37 heavy (non-hydrogen) atoms. The van der Waals surface area contributed by atoms with Crippen molar-refractivity contribution in [1.29, 1.82) is 0 Å². The van der Waals surface area contributed by atoms with E-state index in [0.717, 1.165) is 24.2 Å². The van der Waals surface area contributed by atoms with Crippen LogP contribution >= 0.6 is 0 Å². The Balaban J connectivity index is 1.77. The summed E-state index contributed by atoms with van der Waals surface area (Å²) in [6.45, 7) is 7.67. The first-order valence-corrected chi connectivity index (χ1v) is 12.7. The molecule has 0 aromatic heterocycles. The highest BCUT2D eigenvalue weighted by atomic mass is 16.6. The maximum Gasteiger partial charge on any atom is 0.408 e. The van der Waals surface area contributed by atoms with E-state index in [1.165, 1.54) is 11.1 Å². The van der Waals surface area contributed by atoms with Crippen LogP contribution in [0.3, 0.4) is 0 Å². The Hall–Kier alpha value is -3.55. The Kier molecular flexibility index (Phi) is 11.4. The first kappa shape index (κ1) is 29.7. The Morgan fingerprint density at radius 2 is 1.43 bits per heavy atom. The largest absolute Gasteiger partial charge is 0.494 e. The highest BCUT2D eigenvalue weighted by molar-refractivity contribution is 5.81. The van der Waals surface area contributed by atoms with Crippen LogP contribution in [0, 0.1) is 12.8 Å². The third-order valence-electron chi connectivity index (χ3n) is 5.80. The molecule has 3 N–H and O–H groups in total. The molecule has 8 nitrogen and oxygen atoms in total. The summed E-state index contributed by atoms with van der Waals surface area (Å²) in [5.74, 6) is -2.41. The fourth-order valence-electron chi connectivity index (χ4n) is 3.82. The van der Waals surface area contributed by atoms with Crippen LogP contribution in [0.15, 0.2) is 48.5 Å². The molecule has 2 aromatic carbocycles. The zero-order valence-corrected chi connectivity index (χ0v) is 22.2. The second-order valence-corrected chi connectivity index (χ2v) is 10.3. The zero-order chi connectivity index (χ0) is 27.4. The number of hydrogen-bond acceptors (Lipinski definition) is 5. The summed E-state index contributed by atoms with van der Waals surface area (Å²) in [6, 6.07) is 14.9. The van der Waals surface area contributed by atoms with Crippen molar-refractivity contribution >= 4 is 18.0 Å². The average Bonchev–Trinajstić information content (AvgIpc) is 2.81. The summed E-state index contributed by atoms with van der Waals surface area (Å²) in [5, 5.41) is 21.3. The van der Waals surface area contributed by atoms with Crippen LogP contribution in [-0.4, -0.2) is 46.5 Å². The molecule has 0 aliphatic heterocycles. The molecular weight excluding hydrogens is 474 g/mol. The molecule has 8 heteroatoms. The lowest BCUT2D eigenvalue weighted by atomic mass is 9.93. The van der Waals surface area contributed by atoms with E-state index >= 15 is 0 Å². The van der Waals surface area contributed by atoms with E-state index in [0.29, 0.717) is 25.9 Å². The van der Waals surface area contributed by atoms with Crippen LogP contribution < -0.4 is 10.1 Å². The third kappa shape index (κ3) is 11.8. The number of carboxylic acids is 2. The molecule has 1 amide bonds. The molecule has 0 saturated heterocycles. The molecule has 2 atom stereocenters. The normalized spacial score (nSPS) is 12.9. The van der Waals surface area contributed by atoms with E-state index < -0.39 is 35.6 Å². The Morgan fingerprint density at radius 3 is 1.95 bits per heavy atom. The predicted molar refractivity (Wildman–Crippen MR) is 141 cm³/mol. The van der Waals surface area contributed by atoms with Crippen molar-refractivity contribution < 1.29 is 34.1 Å². The maximum absolute atomic E-state index is 12.0. The lowest BCUT2D eigenvalue weighted by molar-refractivity contribution is -0.144. The second kappa shape index (κ2) is 14.3. The predicted octanol–water partition coefficient (Wildman–Crippen LogP) is 5.40. The number of aliphatic carboxylic acids is 2.